The highest BCUT2D eigenvalue weighted by molar-refractivity contribution is 7.47. The van der Waals surface area contributed by atoms with Crippen LogP contribution in [0.4, 0.5) is 0 Å². The first-order valence-corrected chi connectivity index (χ1v) is 21.4. The van der Waals surface area contributed by atoms with Gasteiger partial charge in [-0.15, -0.1) is 0 Å². The van der Waals surface area contributed by atoms with Gasteiger partial charge in [0.05, 0.1) is 34.4 Å². The maximum absolute atomic E-state index is 12.6. The molecule has 0 aliphatic heterocycles. The Kier molecular flexibility index (Phi) is 33.5. The fourth-order valence-electron chi connectivity index (χ4n) is 5.03. The number of ether oxygens (including phenoxy) is 2. The van der Waals surface area contributed by atoms with Gasteiger partial charge >= 0.3 is 13.8 Å². The first-order valence-electron chi connectivity index (χ1n) is 19.9. The summed E-state index contributed by atoms with van der Waals surface area (Å²) in [6, 6.07) is 0. The van der Waals surface area contributed by atoms with Crippen LogP contribution in [-0.2, 0) is 27.9 Å². The van der Waals surface area contributed by atoms with Crippen molar-refractivity contribution >= 4 is 13.8 Å². The molecule has 0 spiro atoms. The summed E-state index contributed by atoms with van der Waals surface area (Å²) >= 11 is 0. The predicted octanol–water partition coefficient (Wildman–Crippen LogP) is 11.2. The molecule has 2 unspecified atom stereocenters. The number of likely N-dealkylation sites (N-methyl/N-ethyl adjacent to an activating group) is 1. The number of carbonyl (C=O) groups excluding carboxylic acids is 1. The Labute approximate surface area is 308 Å². The lowest BCUT2D eigenvalue weighted by Crippen LogP contribution is -2.37. The zero-order chi connectivity index (χ0) is 37.0. The van der Waals surface area contributed by atoms with Crippen molar-refractivity contribution < 1.29 is 37.3 Å². The first-order chi connectivity index (χ1) is 24.1. The van der Waals surface area contributed by atoms with Crippen LogP contribution in [0.1, 0.15) is 149 Å². The number of hydrogen-bond acceptors (Lipinski definition) is 6. The van der Waals surface area contributed by atoms with Crippen LogP contribution >= 0.6 is 7.82 Å². The van der Waals surface area contributed by atoms with Crippen LogP contribution < -0.4 is 0 Å². The van der Waals surface area contributed by atoms with Crippen molar-refractivity contribution in [1.29, 1.82) is 0 Å². The lowest BCUT2D eigenvalue weighted by molar-refractivity contribution is -0.870. The molecule has 0 fully saturated rings. The average Bonchev–Trinajstić information content (AvgIpc) is 3.06. The minimum atomic E-state index is -4.27. The summed E-state index contributed by atoms with van der Waals surface area (Å²) < 4.78 is 34.9. The molecule has 0 rings (SSSR count). The molecule has 50 heavy (non-hydrogen) atoms. The van der Waals surface area contributed by atoms with Crippen LogP contribution in [0.25, 0.3) is 0 Å². The Bertz CT molecular complexity index is 942. The second kappa shape index (κ2) is 34.5. The van der Waals surface area contributed by atoms with E-state index >= 15 is 0 Å². The molecule has 0 aliphatic rings. The fraction of sp³-hybridized carbons (Fsp3) is 0.780. The molecule has 8 nitrogen and oxygen atoms in total. The van der Waals surface area contributed by atoms with E-state index in [9.17, 15) is 14.3 Å². The highest BCUT2D eigenvalue weighted by atomic mass is 31.2. The maximum Gasteiger partial charge on any atom is 0.472 e. The molecule has 9 heteroatoms. The van der Waals surface area contributed by atoms with Crippen molar-refractivity contribution in [2.24, 2.45) is 0 Å². The monoisotopic (exact) mass is 727 g/mol. The second-order valence-corrected chi connectivity index (χ2v) is 15.7. The van der Waals surface area contributed by atoms with Crippen LogP contribution in [0.2, 0.25) is 0 Å². The Morgan fingerprint density at radius 1 is 0.640 bits per heavy atom. The summed E-state index contributed by atoms with van der Waals surface area (Å²) in [4.78, 5) is 22.8. The molecule has 0 saturated heterocycles. The standard InChI is InChI=1S/C41H76NO7P/c1-6-8-10-12-14-16-18-20-21-22-23-25-27-29-31-33-36-46-38-40(39-48-50(44,45)47-37-35-42(3,4)5)49-41(43)34-32-30-28-26-24-19-17-15-13-11-9-7-2/h8,10,14-17,20-21,40H,6-7,9,11-13,18-19,22-39H2,1-5H3/p+1/b10-8-,16-14-,17-15-,21-20-. The Morgan fingerprint density at radius 2 is 1.16 bits per heavy atom. The van der Waals surface area contributed by atoms with E-state index in [2.05, 4.69) is 62.5 Å². The van der Waals surface area contributed by atoms with Crippen LogP contribution in [0.3, 0.4) is 0 Å². The largest absolute Gasteiger partial charge is 0.472 e. The average molecular weight is 727 g/mol. The molecule has 0 amide bonds. The van der Waals surface area contributed by atoms with Gasteiger partial charge in [-0.1, -0.05) is 120 Å². The first kappa shape index (κ1) is 48.5. The molecule has 0 aromatic rings. The molecule has 0 aromatic carbocycles. The summed E-state index contributed by atoms with van der Waals surface area (Å²) in [7, 11) is 1.64. The topological polar surface area (TPSA) is 91.3 Å². The van der Waals surface area contributed by atoms with Crippen molar-refractivity contribution in [2.45, 2.75) is 155 Å². The molecule has 0 heterocycles. The van der Waals surface area contributed by atoms with Crippen LogP contribution in [0, 0.1) is 0 Å². The molecule has 0 saturated carbocycles. The number of allylic oxidation sites excluding steroid dienone is 8. The third kappa shape index (κ3) is 37.7. The summed E-state index contributed by atoms with van der Waals surface area (Å²) in [5, 5.41) is 0. The van der Waals surface area contributed by atoms with E-state index in [1.54, 1.807) is 0 Å². The quantitative estimate of drug-likeness (QED) is 0.0226. The van der Waals surface area contributed by atoms with E-state index in [4.69, 9.17) is 18.5 Å². The molecule has 0 aliphatic carbocycles. The van der Waals surface area contributed by atoms with Gasteiger partial charge in [-0.05, 0) is 70.6 Å². The third-order valence-electron chi connectivity index (χ3n) is 8.12. The van der Waals surface area contributed by atoms with Gasteiger partial charge in [0.25, 0.3) is 0 Å². The zero-order valence-corrected chi connectivity index (χ0v) is 33.8. The van der Waals surface area contributed by atoms with E-state index in [0.717, 1.165) is 77.0 Å². The molecular weight excluding hydrogens is 649 g/mol. The molecule has 0 aromatic heterocycles. The van der Waals surface area contributed by atoms with Crippen molar-refractivity contribution in [3.63, 3.8) is 0 Å². The third-order valence-corrected chi connectivity index (χ3v) is 9.11. The van der Waals surface area contributed by atoms with Gasteiger partial charge in [0.15, 0.2) is 0 Å². The number of unbranched alkanes of at least 4 members (excludes halogenated alkanes) is 14. The smallest absolute Gasteiger partial charge is 0.457 e. The number of carbonyl (C=O) groups is 1. The number of quaternary nitrogens is 1. The highest BCUT2D eigenvalue weighted by Crippen LogP contribution is 2.43. The summed E-state index contributed by atoms with van der Waals surface area (Å²) in [6.07, 6.45) is 39.9. The SMILES string of the molecule is CC/C=C\C/C=C\C/C=C\CCCCCCCCOCC(COP(=O)(O)OCC[N+](C)(C)C)OC(=O)CCCCCCC/C=C\CCCCC. The predicted molar refractivity (Wildman–Crippen MR) is 210 cm³/mol. The number of rotatable bonds is 36. The van der Waals surface area contributed by atoms with Gasteiger partial charge in [0.2, 0.25) is 0 Å². The van der Waals surface area contributed by atoms with Gasteiger partial charge in [-0.3, -0.25) is 13.8 Å². The number of hydrogen-bond donors (Lipinski definition) is 1. The summed E-state index contributed by atoms with van der Waals surface area (Å²) in [6.45, 7) is 5.43. The van der Waals surface area contributed by atoms with E-state index in [-0.39, 0.29) is 25.8 Å². The van der Waals surface area contributed by atoms with Crippen LogP contribution in [0.15, 0.2) is 48.6 Å². The van der Waals surface area contributed by atoms with Crippen molar-refractivity contribution in [2.75, 3.05) is 54.1 Å². The maximum atomic E-state index is 12.6. The van der Waals surface area contributed by atoms with E-state index in [1.807, 2.05) is 21.1 Å². The molecule has 292 valence electrons. The van der Waals surface area contributed by atoms with E-state index in [1.165, 1.54) is 51.4 Å². The van der Waals surface area contributed by atoms with Gasteiger partial charge in [-0.2, -0.15) is 0 Å². The normalized spacial score (nSPS) is 14.4. The lowest BCUT2D eigenvalue weighted by Gasteiger charge is -2.24. The fourth-order valence-corrected chi connectivity index (χ4v) is 5.77. The van der Waals surface area contributed by atoms with Crippen molar-refractivity contribution in [3.8, 4) is 0 Å². The van der Waals surface area contributed by atoms with Gasteiger partial charge in [0, 0.05) is 13.0 Å². The number of phosphoric ester groups is 1. The molecule has 2 atom stereocenters. The zero-order valence-electron chi connectivity index (χ0n) is 32.9. The Hall–Kier alpha value is -1.54. The lowest BCUT2D eigenvalue weighted by atomic mass is 10.1. The number of nitrogens with zero attached hydrogens (tertiary/aromatic N) is 1. The van der Waals surface area contributed by atoms with Gasteiger partial charge < -0.3 is 18.9 Å². The van der Waals surface area contributed by atoms with Crippen LogP contribution in [-0.4, -0.2) is 75.6 Å². The highest BCUT2D eigenvalue weighted by Gasteiger charge is 2.26. The van der Waals surface area contributed by atoms with E-state index < -0.39 is 13.9 Å². The Balaban J connectivity index is 4.32. The van der Waals surface area contributed by atoms with Gasteiger partial charge in [-0.25, -0.2) is 4.57 Å². The minimum absolute atomic E-state index is 0.0825. The Morgan fingerprint density at radius 3 is 1.76 bits per heavy atom. The van der Waals surface area contributed by atoms with Crippen molar-refractivity contribution in [1.82, 2.24) is 0 Å². The number of phosphoric acid groups is 1. The molecular formula is C41H77NO7P+. The van der Waals surface area contributed by atoms with Crippen molar-refractivity contribution in [3.05, 3.63) is 48.6 Å². The van der Waals surface area contributed by atoms with E-state index in [0.29, 0.717) is 24.1 Å². The number of esters is 1. The summed E-state index contributed by atoms with van der Waals surface area (Å²) in [5.74, 6) is -0.331. The molecule has 0 radical (unpaired) electrons. The van der Waals surface area contributed by atoms with Crippen LogP contribution in [0.5, 0.6) is 0 Å². The second-order valence-electron chi connectivity index (χ2n) is 14.3. The molecule has 0 bridgehead atoms. The molecule has 1 N–H and O–H groups in total. The van der Waals surface area contributed by atoms with Gasteiger partial charge in [0.1, 0.15) is 19.3 Å². The summed E-state index contributed by atoms with van der Waals surface area (Å²) in [5.41, 5.74) is 0. The minimum Gasteiger partial charge on any atom is -0.457 e.